The van der Waals surface area contributed by atoms with E-state index < -0.39 is 23.6 Å². The largest absolute Gasteiger partial charge is 0.444 e. The predicted molar refractivity (Wildman–Crippen MR) is 84.1 cm³/mol. The molecule has 1 N–H and O–H groups in total. The van der Waals surface area contributed by atoms with E-state index in [1.165, 1.54) is 0 Å². The second kappa shape index (κ2) is 6.64. The standard InChI is InChI=1S/C17H19NO5/c1-17(2,3)23-16(21)18-10-5-4-7-11-8-6-9-12-13(11)15(20)22-14(12)19/h4,6-9H,5,10H2,1-3H3,(H,18,21). The van der Waals surface area contributed by atoms with E-state index in [1.54, 1.807) is 45.0 Å². The molecule has 1 amide bonds. The molecule has 0 aromatic heterocycles. The van der Waals surface area contributed by atoms with Crippen LogP contribution >= 0.6 is 0 Å². The zero-order valence-corrected chi connectivity index (χ0v) is 13.3. The van der Waals surface area contributed by atoms with Crippen LogP contribution in [-0.4, -0.2) is 30.2 Å². The molecule has 0 unspecified atom stereocenters. The number of nitrogens with one attached hydrogen (secondary N) is 1. The zero-order valence-electron chi connectivity index (χ0n) is 13.3. The van der Waals surface area contributed by atoms with E-state index in [-0.39, 0.29) is 11.1 Å². The van der Waals surface area contributed by atoms with E-state index in [2.05, 4.69) is 10.1 Å². The van der Waals surface area contributed by atoms with Gasteiger partial charge < -0.3 is 14.8 Å². The fourth-order valence-electron chi connectivity index (χ4n) is 2.08. The summed E-state index contributed by atoms with van der Waals surface area (Å²) in [4.78, 5) is 34.6. The van der Waals surface area contributed by atoms with Crippen molar-refractivity contribution in [1.29, 1.82) is 0 Å². The van der Waals surface area contributed by atoms with Crippen LogP contribution in [0, 0.1) is 0 Å². The molecule has 0 saturated carbocycles. The molecule has 0 spiro atoms. The number of rotatable bonds is 4. The highest BCUT2D eigenvalue weighted by molar-refractivity contribution is 6.16. The lowest BCUT2D eigenvalue weighted by Crippen LogP contribution is -2.32. The number of benzene rings is 1. The highest BCUT2D eigenvalue weighted by Crippen LogP contribution is 2.24. The third-order valence-electron chi connectivity index (χ3n) is 2.98. The number of ether oxygens (including phenoxy) is 2. The number of fused-ring (bicyclic) bond motifs is 1. The third kappa shape index (κ3) is 4.42. The lowest BCUT2D eigenvalue weighted by molar-refractivity contribution is 0.0441. The van der Waals surface area contributed by atoms with Gasteiger partial charge in [-0.25, -0.2) is 14.4 Å². The minimum absolute atomic E-state index is 0.282. The van der Waals surface area contributed by atoms with Crippen molar-refractivity contribution in [2.75, 3.05) is 6.54 Å². The number of carbonyl (C=O) groups is 3. The van der Waals surface area contributed by atoms with Gasteiger partial charge in [-0.15, -0.1) is 0 Å². The summed E-state index contributed by atoms with van der Waals surface area (Å²) in [5.41, 5.74) is 0.658. The Bertz CT molecular complexity index is 670. The van der Waals surface area contributed by atoms with Crippen LogP contribution < -0.4 is 5.32 Å². The Balaban J connectivity index is 1.90. The SMILES string of the molecule is CC(C)(C)OC(=O)NCCC=Cc1cccc2c1C(=O)OC2=O. The van der Waals surface area contributed by atoms with Crippen LogP contribution in [0.4, 0.5) is 4.79 Å². The average Bonchev–Trinajstić information content (AvgIpc) is 2.72. The Labute approximate surface area is 134 Å². The molecule has 0 bridgehead atoms. The minimum atomic E-state index is -0.628. The van der Waals surface area contributed by atoms with Crippen molar-refractivity contribution < 1.29 is 23.9 Å². The lowest BCUT2D eigenvalue weighted by Gasteiger charge is -2.19. The molecule has 0 fully saturated rings. The first-order chi connectivity index (χ1) is 10.8. The van der Waals surface area contributed by atoms with E-state index in [1.807, 2.05) is 6.08 Å². The molecule has 1 aromatic rings. The Hall–Kier alpha value is -2.63. The van der Waals surface area contributed by atoms with E-state index in [0.29, 0.717) is 18.5 Å². The highest BCUT2D eigenvalue weighted by atomic mass is 16.6. The molecule has 0 aliphatic carbocycles. The first-order valence-corrected chi connectivity index (χ1v) is 7.31. The van der Waals surface area contributed by atoms with Crippen molar-refractivity contribution in [1.82, 2.24) is 5.32 Å². The fraction of sp³-hybridized carbons (Fsp3) is 0.353. The van der Waals surface area contributed by atoms with Gasteiger partial charge in [0.2, 0.25) is 0 Å². The van der Waals surface area contributed by atoms with Gasteiger partial charge >= 0.3 is 18.0 Å². The molecule has 1 heterocycles. The van der Waals surface area contributed by atoms with Crippen LogP contribution in [0.25, 0.3) is 6.08 Å². The second-order valence-electron chi connectivity index (χ2n) is 6.07. The van der Waals surface area contributed by atoms with E-state index in [4.69, 9.17) is 4.74 Å². The molecule has 2 rings (SSSR count). The Morgan fingerprint density at radius 1 is 1.26 bits per heavy atom. The zero-order chi connectivity index (χ0) is 17.0. The summed E-state index contributed by atoms with van der Waals surface area (Å²) in [5.74, 6) is -1.25. The topological polar surface area (TPSA) is 81.7 Å². The molecule has 0 atom stereocenters. The molecule has 23 heavy (non-hydrogen) atoms. The lowest BCUT2D eigenvalue weighted by atomic mass is 10.0. The van der Waals surface area contributed by atoms with Gasteiger partial charge in [-0.05, 0) is 38.8 Å². The van der Waals surface area contributed by atoms with Crippen molar-refractivity contribution in [3.8, 4) is 0 Å². The van der Waals surface area contributed by atoms with Crippen LogP contribution in [0.15, 0.2) is 24.3 Å². The molecule has 1 aliphatic rings. The normalized spacial score (nSPS) is 13.9. The van der Waals surface area contributed by atoms with Gasteiger partial charge in [0.1, 0.15) is 5.60 Å². The number of cyclic esters (lactones) is 2. The average molecular weight is 317 g/mol. The molecule has 122 valence electrons. The van der Waals surface area contributed by atoms with Crippen LogP contribution in [0.2, 0.25) is 0 Å². The van der Waals surface area contributed by atoms with E-state index >= 15 is 0 Å². The van der Waals surface area contributed by atoms with Crippen LogP contribution in [-0.2, 0) is 9.47 Å². The number of esters is 2. The maximum absolute atomic E-state index is 11.7. The van der Waals surface area contributed by atoms with Crippen molar-refractivity contribution >= 4 is 24.1 Å². The number of hydrogen-bond acceptors (Lipinski definition) is 5. The van der Waals surface area contributed by atoms with Gasteiger partial charge in [0.25, 0.3) is 0 Å². The van der Waals surface area contributed by atoms with Crippen molar-refractivity contribution in [3.05, 3.63) is 41.0 Å². The van der Waals surface area contributed by atoms with Crippen LogP contribution in [0.5, 0.6) is 0 Å². The fourth-order valence-corrected chi connectivity index (χ4v) is 2.08. The Morgan fingerprint density at radius 2 is 2.00 bits per heavy atom. The summed E-state index contributed by atoms with van der Waals surface area (Å²) >= 11 is 0. The number of hydrogen-bond donors (Lipinski definition) is 1. The van der Waals surface area contributed by atoms with Crippen molar-refractivity contribution in [3.63, 3.8) is 0 Å². The summed E-state index contributed by atoms with van der Waals surface area (Å²) in [6, 6.07) is 4.98. The summed E-state index contributed by atoms with van der Waals surface area (Å²) in [6.07, 6.45) is 3.63. The Morgan fingerprint density at radius 3 is 2.70 bits per heavy atom. The highest BCUT2D eigenvalue weighted by Gasteiger charge is 2.31. The van der Waals surface area contributed by atoms with Gasteiger partial charge in [-0.2, -0.15) is 0 Å². The van der Waals surface area contributed by atoms with Gasteiger partial charge in [-0.3, -0.25) is 0 Å². The third-order valence-corrected chi connectivity index (χ3v) is 2.98. The van der Waals surface area contributed by atoms with Crippen LogP contribution in [0.3, 0.4) is 0 Å². The molecular weight excluding hydrogens is 298 g/mol. The van der Waals surface area contributed by atoms with Gasteiger partial charge in [0.15, 0.2) is 0 Å². The van der Waals surface area contributed by atoms with Crippen molar-refractivity contribution in [2.45, 2.75) is 32.8 Å². The predicted octanol–water partition coefficient (Wildman–Crippen LogP) is 2.93. The Kier molecular flexibility index (Phi) is 4.83. The smallest absolute Gasteiger partial charge is 0.407 e. The number of alkyl carbamates (subject to hydrolysis) is 1. The number of carbonyl (C=O) groups excluding carboxylic acids is 3. The minimum Gasteiger partial charge on any atom is -0.444 e. The van der Waals surface area contributed by atoms with Gasteiger partial charge in [0.05, 0.1) is 11.1 Å². The maximum atomic E-state index is 11.7. The molecule has 6 nitrogen and oxygen atoms in total. The van der Waals surface area contributed by atoms with E-state index in [9.17, 15) is 14.4 Å². The summed E-state index contributed by atoms with van der Waals surface area (Å²) in [5, 5.41) is 2.64. The first-order valence-electron chi connectivity index (χ1n) is 7.31. The van der Waals surface area contributed by atoms with Crippen LogP contribution in [0.1, 0.15) is 53.5 Å². The van der Waals surface area contributed by atoms with E-state index in [0.717, 1.165) is 0 Å². The summed E-state index contributed by atoms with van der Waals surface area (Å²) in [7, 11) is 0. The molecule has 1 aromatic carbocycles. The summed E-state index contributed by atoms with van der Waals surface area (Å²) < 4.78 is 9.71. The van der Waals surface area contributed by atoms with Gasteiger partial charge in [-0.1, -0.05) is 24.3 Å². The number of amides is 1. The summed E-state index contributed by atoms with van der Waals surface area (Å²) in [6.45, 7) is 5.79. The second-order valence-corrected chi connectivity index (χ2v) is 6.07. The van der Waals surface area contributed by atoms with Crippen molar-refractivity contribution in [2.24, 2.45) is 0 Å². The maximum Gasteiger partial charge on any atom is 0.407 e. The first kappa shape index (κ1) is 16.7. The van der Waals surface area contributed by atoms with Gasteiger partial charge in [0, 0.05) is 6.54 Å². The molecule has 0 saturated heterocycles. The monoisotopic (exact) mass is 317 g/mol. The molecule has 0 radical (unpaired) electrons. The quantitative estimate of drug-likeness (QED) is 0.524. The molecule has 1 aliphatic heterocycles. The molecule has 6 heteroatoms. The molecular formula is C17H19NO5.